The van der Waals surface area contributed by atoms with E-state index in [1.807, 2.05) is 0 Å². The highest BCUT2D eigenvalue weighted by atomic mass is 16.5. The first kappa shape index (κ1) is 9.22. The Morgan fingerprint density at radius 2 is 2.13 bits per heavy atom. The van der Waals surface area contributed by atoms with E-state index in [2.05, 4.69) is 23.5 Å². The van der Waals surface area contributed by atoms with Gasteiger partial charge in [-0.25, -0.2) is 0 Å². The van der Waals surface area contributed by atoms with Crippen LogP contribution in [0.2, 0.25) is 0 Å². The van der Waals surface area contributed by atoms with E-state index in [1.54, 1.807) is 0 Å². The van der Waals surface area contributed by atoms with Crippen molar-refractivity contribution in [1.82, 2.24) is 5.32 Å². The van der Waals surface area contributed by atoms with Crippen molar-refractivity contribution in [3.63, 3.8) is 0 Å². The van der Waals surface area contributed by atoms with Gasteiger partial charge in [0.2, 0.25) is 0 Å². The summed E-state index contributed by atoms with van der Waals surface area (Å²) in [6, 6.07) is 6.60. The lowest BCUT2D eigenvalue weighted by atomic mass is 10.1. The van der Waals surface area contributed by atoms with Gasteiger partial charge in [0.15, 0.2) is 0 Å². The second-order valence-electron chi connectivity index (χ2n) is 4.52. The molecule has 1 aliphatic carbocycles. The molecule has 2 aliphatic rings. The number of nitrogens with one attached hydrogen (secondary N) is 1. The summed E-state index contributed by atoms with van der Waals surface area (Å²) in [6.45, 7) is 2.09. The van der Waals surface area contributed by atoms with Gasteiger partial charge >= 0.3 is 0 Å². The highest BCUT2D eigenvalue weighted by Gasteiger charge is 2.17. The lowest BCUT2D eigenvalue weighted by Gasteiger charge is -2.13. The minimum absolute atomic E-state index is 0.379. The summed E-state index contributed by atoms with van der Waals surface area (Å²) in [6.07, 6.45) is 5.31. The van der Waals surface area contributed by atoms with E-state index >= 15 is 0 Å². The van der Waals surface area contributed by atoms with Crippen LogP contribution in [0.1, 0.15) is 24.0 Å². The van der Waals surface area contributed by atoms with E-state index in [0.29, 0.717) is 6.10 Å². The predicted octanol–water partition coefficient (Wildman–Crippen LogP) is 1.92. The molecule has 1 heterocycles. The van der Waals surface area contributed by atoms with E-state index in [0.717, 1.165) is 25.3 Å². The summed E-state index contributed by atoms with van der Waals surface area (Å²) < 4.78 is 5.94. The Morgan fingerprint density at radius 3 is 3.00 bits per heavy atom. The van der Waals surface area contributed by atoms with Crippen LogP contribution in [-0.4, -0.2) is 19.2 Å². The molecule has 1 N–H and O–H groups in total. The first-order valence-electron chi connectivity index (χ1n) is 5.91. The van der Waals surface area contributed by atoms with Crippen LogP contribution in [0.15, 0.2) is 18.2 Å². The zero-order valence-corrected chi connectivity index (χ0v) is 8.96. The van der Waals surface area contributed by atoms with Crippen LogP contribution < -0.4 is 10.1 Å². The third-order valence-corrected chi connectivity index (χ3v) is 3.39. The highest BCUT2D eigenvalue weighted by Crippen LogP contribution is 2.26. The molecule has 1 aromatic carbocycles. The Morgan fingerprint density at radius 1 is 1.20 bits per heavy atom. The fourth-order valence-electron chi connectivity index (χ4n) is 2.54. The zero-order valence-electron chi connectivity index (χ0n) is 8.96. The minimum atomic E-state index is 0.379. The average Bonchev–Trinajstić information content (AvgIpc) is 2.87. The van der Waals surface area contributed by atoms with Gasteiger partial charge in [-0.05, 0) is 55.5 Å². The summed E-state index contributed by atoms with van der Waals surface area (Å²) in [4.78, 5) is 0. The maximum absolute atomic E-state index is 5.94. The number of fused-ring (bicyclic) bond motifs is 1. The van der Waals surface area contributed by atoms with Gasteiger partial charge in [0, 0.05) is 6.54 Å². The lowest BCUT2D eigenvalue weighted by molar-refractivity contribution is 0.223. The molecule has 1 atom stereocenters. The number of rotatable bonds is 2. The molecular formula is C13H17NO. The molecule has 1 aliphatic heterocycles. The van der Waals surface area contributed by atoms with Crippen molar-refractivity contribution in [3.8, 4) is 5.75 Å². The van der Waals surface area contributed by atoms with Crippen molar-refractivity contribution in [2.75, 3.05) is 13.1 Å². The molecule has 0 bridgehead atoms. The molecule has 1 fully saturated rings. The fourth-order valence-corrected chi connectivity index (χ4v) is 2.54. The average molecular weight is 203 g/mol. The molecular weight excluding hydrogens is 186 g/mol. The molecule has 2 heteroatoms. The van der Waals surface area contributed by atoms with Crippen LogP contribution in [0.5, 0.6) is 5.75 Å². The number of benzene rings is 1. The van der Waals surface area contributed by atoms with E-state index in [-0.39, 0.29) is 0 Å². The number of hydrogen-bond acceptors (Lipinski definition) is 2. The second-order valence-corrected chi connectivity index (χ2v) is 4.52. The van der Waals surface area contributed by atoms with Crippen molar-refractivity contribution < 1.29 is 4.74 Å². The summed E-state index contributed by atoms with van der Waals surface area (Å²) in [5.74, 6) is 1.06. The van der Waals surface area contributed by atoms with Crippen molar-refractivity contribution in [2.45, 2.75) is 31.8 Å². The fraction of sp³-hybridized carbons (Fsp3) is 0.538. The van der Waals surface area contributed by atoms with E-state index in [4.69, 9.17) is 4.74 Å². The normalized spacial score (nSPS) is 24.1. The molecule has 1 saturated heterocycles. The van der Waals surface area contributed by atoms with Gasteiger partial charge in [0.05, 0.1) is 0 Å². The Kier molecular flexibility index (Phi) is 2.37. The maximum atomic E-state index is 5.94. The first-order chi connectivity index (χ1) is 7.42. The van der Waals surface area contributed by atoms with Gasteiger partial charge in [-0.1, -0.05) is 6.07 Å². The van der Waals surface area contributed by atoms with E-state index in [9.17, 15) is 0 Å². The van der Waals surface area contributed by atoms with Crippen molar-refractivity contribution >= 4 is 0 Å². The smallest absolute Gasteiger partial charge is 0.120 e. The summed E-state index contributed by atoms with van der Waals surface area (Å²) in [5.41, 5.74) is 3.02. The van der Waals surface area contributed by atoms with Gasteiger partial charge < -0.3 is 10.1 Å². The topological polar surface area (TPSA) is 21.3 Å². The number of ether oxygens (including phenoxy) is 1. The maximum Gasteiger partial charge on any atom is 0.120 e. The third-order valence-electron chi connectivity index (χ3n) is 3.39. The molecule has 3 rings (SSSR count). The Hall–Kier alpha value is -1.02. The van der Waals surface area contributed by atoms with Crippen LogP contribution in [0, 0.1) is 0 Å². The Balaban J connectivity index is 1.75. The molecule has 2 nitrogen and oxygen atoms in total. The van der Waals surface area contributed by atoms with Crippen LogP contribution in [0.25, 0.3) is 0 Å². The molecule has 0 unspecified atom stereocenters. The summed E-state index contributed by atoms with van der Waals surface area (Å²) in [5, 5.41) is 3.32. The van der Waals surface area contributed by atoms with Gasteiger partial charge in [-0.3, -0.25) is 0 Å². The Labute approximate surface area is 90.6 Å². The molecule has 15 heavy (non-hydrogen) atoms. The van der Waals surface area contributed by atoms with Crippen LogP contribution in [0.4, 0.5) is 0 Å². The molecule has 0 amide bonds. The van der Waals surface area contributed by atoms with Gasteiger partial charge in [0.1, 0.15) is 11.9 Å². The molecule has 0 spiro atoms. The quantitative estimate of drug-likeness (QED) is 0.793. The number of hydrogen-bond donors (Lipinski definition) is 1. The van der Waals surface area contributed by atoms with Crippen LogP contribution in [0.3, 0.4) is 0 Å². The molecule has 1 aromatic rings. The lowest BCUT2D eigenvalue weighted by Crippen LogP contribution is -2.19. The molecule has 0 saturated carbocycles. The Bertz CT molecular complexity index is 356. The van der Waals surface area contributed by atoms with Gasteiger partial charge in [-0.2, -0.15) is 0 Å². The van der Waals surface area contributed by atoms with Crippen molar-refractivity contribution in [2.24, 2.45) is 0 Å². The van der Waals surface area contributed by atoms with Gasteiger partial charge in [0.25, 0.3) is 0 Å². The second kappa shape index (κ2) is 3.86. The zero-order chi connectivity index (χ0) is 10.1. The molecule has 0 aromatic heterocycles. The molecule has 0 radical (unpaired) electrons. The standard InChI is InChI=1S/C13H17NO/c1-2-10-4-5-12(8-11(10)3-1)15-13-6-7-14-9-13/h4-5,8,13-14H,1-3,6-7,9H2/t13-/m0/s1. The SMILES string of the molecule is c1cc2c(cc1O[C@H]1CCNC1)CCC2. The van der Waals surface area contributed by atoms with Crippen molar-refractivity contribution in [1.29, 1.82) is 0 Å². The third kappa shape index (κ3) is 1.86. The van der Waals surface area contributed by atoms with E-state index < -0.39 is 0 Å². The number of aryl methyl sites for hydroxylation is 2. The van der Waals surface area contributed by atoms with Crippen LogP contribution in [-0.2, 0) is 12.8 Å². The highest BCUT2D eigenvalue weighted by molar-refractivity contribution is 5.38. The molecule has 80 valence electrons. The largest absolute Gasteiger partial charge is 0.489 e. The first-order valence-corrected chi connectivity index (χ1v) is 5.91. The monoisotopic (exact) mass is 203 g/mol. The predicted molar refractivity (Wildman–Crippen MR) is 60.4 cm³/mol. The van der Waals surface area contributed by atoms with Gasteiger partial charge in [-0.15, -0.1) is 0 Å². The summed E-state index contributed by atoms with van der Waals surface area (Å²) in [7, 11) is 0. The van der Waals surface area contributed by atoms with Crippen molar-refractivity contribution in [3.05, 3.63) is 29.3 Å². The summed E-state index contributed by atoms with van der Waals surface area (Å²) >= 11 is 0. The van der Waals surface area contributed by atoms with E-state index in [1.165, 1.54) is 30.4 Å². The minimum Gasteiger partial charge on any atom is -0.489 e. The van der Waals surface area contributed by atoms with Crippen LogP contribution >= 0.6 is 0 Å².